The van der Waals surface area contributed by atoms with Crippen LogP contribution in [0.2, 0.25) is 0 Å². The minimum absolute atomic E-state index is 0.257. The van der Waals surface area contributed by atoms with Crippen molar-refractivity contribution in [1.82, 2.24) is 20.2 Å². The Kier molecular flexibility index (Phi) is 1.69. The highest BCUT2D eigenvalue weighted by Gasteiger charge is 2.09. The monoisotopic (exact) mass is 217 g/mol. The third kappa shape index (κ3) is 1.26. The van der Waals surface area contributed by atoms with Crippen LogP contribution in [0.1, 0.15) is 0 Å². The lowest BCUT2D eigenvalue weighted by Crippen LogP contribution is -1.96. The lowest BCUT2D eigenvalue weighted by atomic mass is 10.2. The average molecular weight is 217 g/mol. The number of aromatic amines is 1. The van der Waals surface area contributed by atoms with E-state index in [1.807, 2.05) is 16.8 Å². The lowest BCUT2D eigenvalue weighted by molar-refractivity contribution is 1.09. The van der Waals surface area contributed by atoms with Gasteiger partial charge in [0.25, 0.3) is 0 Å². The van der Waals surface area contributed by atoms with Crippen LogP contribution in [0.4, 0.5) is 5.95 Å². The van der Waals surface area contributed by atoms with E-state index in [4.69, 9.17) is 5.73 Å². The third-order valence-electron chi connectivity index (χ3n) is 2.12. The highest BCUT2D eigenvalue weighted by Crippen LogP contribution is 2.26. The Balaban J connectivity index is 2.38. The lowest BCUT2D eigenvalue weighted by Gasteiger charge is -1.99. The molecule has 0 saturated carbocycles. The summed E-state index contributed by atoms with van der Waals surface area (Å²) in [6.45, 7) is 0. The van der Waals surface area contributed by atoms with E-state index in [1.54, 1.807) is 17.5 Å². The number of hydrogen-bond donors (Lipinski definition) is 2. The van der Waals surface area contributed by atoms with Gasteiger partial charge in [0.05, 0.1) is 17.3 Å². The third-order valence-corrected chi connectivity index (χ3v) is 2.80. The molecule has 0 aliphatic carbocycles. The zero-order valence-corrected chi connectivity index (χ0v) is 8.45. The minimum Gasteiger partial charge on any atom is -0.368 e. The predicted molar refractivity (Wildman–Crippen MR) is 59.4 cm³/mol. The fourth-order valence-corrected chi connectivity index (χ4v) is 2.11. The number of nitrogens with two attached hydrogens (primary N) is 1. The van der Waals surface area contributed by atoms with E-state index < -0.39 is 0 Å². The zero-order valence-electron chi connectivity index (χ0n) is 7.64. The molecule has 3 aromatic rings. The number of nitrogens with zero attached hydrogens (tertiary/aromatic N) is 3. The van der Waals surface area contributed by atoms with Crippen LogP contribution in [-0.2, 0) is 0 Å². The van der Waals surface area contributed by atoms with Crippen LogP contribution in [0.15, 0.2) is 23.0 Å². The van der Waals surface area contributed by atoms with Crippen molar-refractivity contribution in [3.63, 3.8) is 0 Å². The number of nitrogen functional groups attached to an aromatic ring is 1. The van der Waals surface area contributed by atoms with E-state index in [9.17, 15) is 0 Å². The predicted octanol–water partition coefficient (Wildman–Crippen LogP) is 1.66. The van der Waals surface area contributed by atoms with Crippen molar-refractivity contribution in [1.29, 1.82) is 0 Å². The van der Waals surface area contributed by atoms with Crippen molar-refractivity contribution in [2.75, 3.05) is 5.73 Å². The summed E-state index contributed by atoms with van der Waals surface area (Å²) in [4.78, 5) is 8.29. The van der Waals surface area contributed by atoms with Crippen molar-refractivity contribution < 1.29 is 0 Å². The molecule has 0 saturated heterocycles. The summed E-state index contributed by atoms with van der Waals surface area (Å²) < 4.78 is 0. The number of fused-ring (bicyclic) bond motifs is 1. The van der Waals surface area contributed by atoms with E-state index >= 15 is 0 Å². The fraction of sp³-hybridized carbons (Fsp3) is 0. The molecule has 0 atom stereocenters. The van der Waals surface area contributed by atoms with Gasteiger partial charge in [-0.1, -0.05) is 0 Å². The first-order chi connectivity index (χ1) is 7.34. The van der Waals surface area contributed by atoms with Crippen LogP contribution >= 0.6 is 11.3 Å². The van der Waals surface area contributed by atoms with E-state index in [1.165, 1.54) is 0 Å². The van der Waals surface area contributed by atoms with Gasteiger partial charge < -0.3 is 5.73 Å². The molecule has 3 N–H and O–H groups in total. The fourth-order valence-electron chi connectivity index (χ4n) is 1.47. The van der Waals surface area contributed by atoms with E-state index in [-0.39, 0.29) is 5.95 Å². The summed E-state index contributed by atoms with van der Waals surface area (Å²) in [6, 6.07) is 2.00. The number of hydrogen-bond acceptors (Lipinski definition) is 5. The second-order valence-corrected chi connectivity index (χ2v) is 3.85. The summed E-state index contributed by atoms with van der Waals surface area (Å²) in [5.41, 5.74) is 8.16. The van der Waals surface area contributed by atoms with Crippen LogP contribution in [-0.4, -0.2) is 20.2 Å². The Hall–Kier alpha value is -1.95. The molecule has 74 valence electrons. The largest absolute Gasteiger partial charge is 0.368 e. The summed E-state index contributed by atoms with van der Waals surface area (Å²) in [7, 11) is 0. The maximum Gasteiger partial charge on any atom is 0.222 e. The van der Waals surface area contributed by atoms with Crippen LogP contribution in [0.5, 0.6) is 0 Å². The van der Waals surface area contributed by atoms with Crippen LogP contribution in [0, 0.1) is 0 Å². The molecule has 0 radical (unpaired) electrons. The van der Waals surface area contributed by atoms with Gasteiger partial charge in [0.1, 0.15) is 0 Å². The summed E-state index contributed by atoms with van der Waals surface area (Å²) >= 11 is 1.62. The highest BCUT2D eigenvalue weighted by molar-refractivity contribution is 7.08. The Morgan fingerprint density at radius 3 is 3.07 bits per heavy atom. The Morgan fingerprint density at radius 2 is 2.27 bits per heavy atom. The Labute approximate surface area is 89.0 Å². The van der Waals surface area contributed by atoms with Gasteiger partial charge in [0, 0.05) is 10.9 Å². The van der Waals surface area contributed by atoms with Gasteiger partial charge in [-0.05, 0) is 11.4 Å². The van der Waals surface area contributed by atoms with Crippen molar-refractivity contribution in [3.8, 4) is 11.3 Å². The zero-order chi connectivity index (χ0) is 10.3. The summed E-state index contributed by atoms with van der Waals surface area (Å²) in [5, 5.41) is 11.6. The van der Waals surface area contributed by atoms with Crippen LogP contribution in [0.3, 0.4) is 0 Å². The van der Waals surface area contributed by atoms with E-state index in [0.717, 1.165) is 16.6 Å². The van der Waals surface area contributed by atoms with Crippen LogP contribution in [0.25, 0.3) is 22.3 Å². The summed E-state index contributed by atoms with van der Waals surface area (Å²) in [5.74, 6) is 0.257. The molecule has 3 rings (SSSR count). The molecule has 0 amide bonds. The molecule has 5 nitrogen and oxygen atoms in total. The van der Waals surface area contributed by atoms with Gasteiger partial charge in [-0.15, -0.1) is 0 Å². The molecular formula is C9H7N5S. The molecule has 0 fully saturated rings. The number of H-pyrrole nitrogens is 1. The number of aromatic nitrogens is 4. The molecule has 0 aliphatic heterocycles. The maximum atomic E-state index is 5.62. The normalized spacial score (nSPS) is 10.9. The smallest absolute Gasteiger partial charge is 0.222 e. The molecule has 6 heteroatoms. The molecule has 0 bridgehead atoms. The molecular weight excluding hydrogens is 210 g/mol. The van der Waals surface area contributed by atoms with Crippen molar-refractivity contribution in [2.24, 2.45) is 0 Å². The van der Waals surface area contributed by atoms with Gasteiger partial charge in [0.2, 0.25) is 5.95 Å². The minimum atomic E-state index is 0.257. The molecule has 0 aliphatic rings. The SMILES string of the molecule is Nc1nc(-c2ccsc2)c2cn[nH]c2n1. The Morgan fingerprint density at radius 1 is 1.33 bits per heavy atom. The Bertz CT molecular complexity index is 598. The first-order valence-electron chi connectivity index (χ1n) is 4.34. The quantitative estimate of drug-likeness (QED) is 0.649. The first kappa shape index (κ1) is 8.37. The van der Waals surface area contributed by atoms with Gasteiger partial charge in [-0.2, -0.15) is 21.4 Å². The topological polar surface area (TPSA) is 80.5 Å². The van der Waals surface area contributed by atoms with Gasteiger partial charge >= 0.3 is 0 Å². The van der Waals surface area contributed by atoms with E-state index in [0.29, 0.717) is 5.65 Å². The molecule has 0 spiro atoms. The van der Waals surface area contributed by atoms with Crippen molar-refractivity contribution in [2.45, 2.75) is 0 Å². The average Bonchev–Trinajstić information content (AvgIpc) is 2.86. The maximum absolute atomic E-state index is 5.62. The highest BCUT2D eigenvalue weighted by atomic mass is 32.1. The molecule has 0 aromatic carbocycles. The second-order valence-electron chi connectivity index (χ2n) is 3.07. The van der Waals surface area contributed by atoms with E-state index in [2.05, 4.69) is 20.2 Å². The second kappa shape index (κ2) is 3.03. The molecule has 15 heavy (non-hydrogen) atoms. The van der Waals surface area contributed by atoms with Crippen LogP contribution < -0.4 is 5.73 Å². The van der Waals surface area contributed by atoms with Crippen molar-refractivity contribution in [3.05, 3.63) is 23.0 Å². The number of anilines is 1. The number of nitrogens with one attached hydrogen (secondary N) is 1. The molecule has 3 aromatic heterocycles. The van der Waals surface area contributed by atoms with Gasteiger partial charge in [-0.3, -0.25) is 5.10 Å². The summed E-state index contributed by atoms with van der Waals surface area (Å²) in [6.07, 6.45) is 1.71. The molecule has 3 heterocycles. The molecule has 0 unspecified atom stereocenters. The standard InChI is InChI=1S/C9H7N5S/c10-9-12-7(5-1-2-15-4-5)6-3-11-14-8(6)13-9/h1-4H,(H3,10,11,12,13,14). The number of rotatable bonds is 1. The first-order valence-corrected chi connectivity index (χ1v) is 5.28. The van der Waals surface area contributed by atoms with Gasteiger partial charge in [-0.25, -0.2) is 4.98 Å². The number of thiophene rings is 1. The van der Waals surface area contributed by atoms with Gasteiger partial charge in [0.15, 0.2) is 5.65 Å². The van der Waals surface area contributed by atoms with Crippen molar-refractivity contribution >= 4 is 28.3 Å².